The van der Waals surface area contributed by atoms with Crippen LogP contribution in [0.1, 0.15) is 50.7 Å². The SMILES string of the molecule is CCCn1c(=O)c2c(nc(-c3cnn(Cc4cccc(C(F)(F)F)c4)c3)n2COC2CCCCO2)n(CC)c1=O. The van der Waals surface area contributed by atoms with Crippen LogP contribution in [0, 0.1) is 0 Å². The first-order valence-electron chi connectivity index (χ1n) is 13.4. The molecule has 4 aromatic rings. The average Bonchev–Trinajstić information content (AvgIpc) is 3.55. The van der Waals surface area contributed by atoms with Crippen molar-refractivity contribution in [1.82, 2.24) is 28.5 Å². The van der Waals surface area contributed by atoms with Gasteiger partial charge in [-0.05, 0) is 50.3 Å². The molecule has 0 radical (unpaired) electrons. The number of benzene rings is 1. The molecule has 1 aromatic carbocycles. The second kappa shape index (κ2) is 11.4. The Kier molecular flexibility index (Phi) is 7.95. The summed E-state index contributed by atoms with van der Waals surface area (Å²) in [6.07, 6.45) is 1.53. The number of ether oxygens (including phenoxy) is 2. The van der Waals surface area contributed by atoms with E-state index in [4.69, 9.17) is 14.5 Å². The highest BCUT2D eigenvalue weighted by atomic mass is 19.4. The van der Waals surface area contributed by atoms with E-state index in [2.05, 4.69) is 5.10 Å². The lowest BCUT2D eigenvalue weighted by Gasteiger charge is -2.23. The van der Waals surface area contributed by atoms with Crippen molar-refractivity contribution in [2.45, 2.75) is 78.4 Å². The molecule has 1 saturated heterocycles. The van der Waals surface area contributed by atoms with E-state index in [1.807, 2.05) is 6.92 Å². The van der Waals surface area contributed by atoms with E-state index < -0.39 is 29.3 Å². The van der Waals surface area contributed by atoms with Crippen molar-refractivity contribution >= 4 is 11.2 Å². The van der Waals surface area contributed by atoms with Crippen molar-refractivity contribution in [3.8, 4) is 11.4 Å². The van der Waals surface area contributed by atoms with Gasteiger partial charge in [-0.25, -0.2) is 9.78 Å². The van der Waals surface area contributed by atoms with E-state index >= 15 is 0 Å². The smallest absolute Gasteiger partial charge is 0.353 e. The van der Waals surface area contributed by atoms with E-state index in [0.717, 1.165) is 31.4 Å². The molecule has 10 nitrogen and oxygen atoms in total. The molecule has 0 spiro atoms. The third-order valence-electron chi connectivity index (χ3n) is 6.90. The Morgan fingerprint density at radius 3 is 2.65 bits per heavy atom. The molecule has 0 aliphatic carbocycles. The molecule has 1 aliphatic rings. The quantitative estimate of drug-likeness (QED) is 0.304. The van der Waals surface area contributed by atoms with Gasteiger partial charge in [0.05, 0.1) is 23.9 Å². The predicted octanol–water partition coefficient (Wildman–Crippen LogP) is 4.22. The maximum atomic E-state index is 13.6. The Bertz CT molecular complexity index is 1610. The fourth-order valence-corrected chi connectivity index (χ4v) is 4.94. The summed E-state index contributed by atoms with van der Waals surface area (Å²) in [6, 6.07) is 5.07. The van der Waals surface area contributed by atoms with Crippen LogP contribution < -0.4 is 11.2 Å². The maximum absolute atomic E-state index is 13.6. The van der Waals surface area contributed by atoms with Gasteiger partial charge in [-0.1, -0.05) is 19.1 Å². The number of hydrogen-bond donors (Lipinski definition) is 0. The zero-order valence-electron chi connectivity index (χ0n) is 22.4. The van der Waals surface area contributed by atoms with Crippen LogP contribution in [0.2, 0.25) is 0 Å². The zero-order chi connectivity index (χ0) is 28.4. The highest BCUT2D eigenvalue weighted by molar-refractivity contribution is 5.76. The minimum absolute atomic E-state index is 0.0431. The summed E-state index contributed by atoms with van der Waals surface area (Å²) < 4.78 is 57.1. The molecule has 4 heterocycles. The molecule has 1 fully saturated rings. The van der Waals surface area contributed by atoms with Crippen LogP contribution in [0.25, 0.3) is 22.6 Å². The largest absolute Gasteiger partial charge is 0.416 e. The number of aryl methyl sites for hydroxylation is 1. The summed E-state index contributed by atoms with van der Waals surface area (Å²) in [5, 5.41) is 4.34. The maximum Gasteiger partial charge on any atom is 0.416 e. The fourth-order valence-electron chi connectivity index (χ4n) is 4.94. The predicted molar refractivity (Wildman–Crippen MR) is 141 cm³/mol. The van der Waals surface area contributed by atoms with Crippen molar-refractivity contribution in [2.24, 2.45) is 0 Å². The number of imidazole rings is 1. The first kappa shape index (κ1) is 27.8. The number of nitrogens with zero attached hydrogens (tertiary/aromatic N) is 6. The third-order valence-corrected chi connectivity index (χ3v) is 6.90. The van der Waals surface area contributed by atoms with Gasteiger partial charge in [-0.2, -0.15) is 18.3 Å². The average molecular weight is 561 g/mol. The summed E-state index contributed by atoms with van der Waals surface area (Å²) >= 11 is 0. The lowest BCUT2D eigenvalue weighted by molar-refractivity contribution is -0.179. The molecule has 0 amide bonds. The summed E-state index contributed by atoms with van der Waals surface area (Å²) in [6.45, 7) is 4.89. The second-order valence-electron chi connectivity index (χ2n) is 9.74. The van der Waals surface area contributed by atoms with Crippen molar-refractivity contribution in [1.29, 1.82) is 0 Å². The van der Waals surface area contributed by atoms with Gasteiger partial charge in [-0.3, -0.25) is 23.2 Å². The molecule has 0 N–H and O–H groups in total. The van der Waals surface area contributed by atoms with Gasteiger partial charge in [0.25, 0.3) is 5.56 Å². The first-order valence-corrected chi connectivity index (χ1v) is 13.4. The van der Waals surface area contributed by atoms with Gasteiger partial charge in [0.1, 0.15) is 12.6 Å². The molecule has 0 saturated carbocycles. The van der Waals surface area contributed by atoms with E-state index in [9.17, 15) is 22.8 Å². The Morgan fingerprint density at radius 1 is 1.12 bits per heavy atom. The Labute approximate surface area is 227 Å². The van der Waals surface area contributed by atoms with Gasteiger partial charge in [0.2, 0.25) is 0 Å². The normalized spacial score (nSPS) is 16.2. The standard InChI is InChI=1S/C27H31F3N6O4/c1-3-11-35-25(37)22-24(34(4-2)26(35)38)32-23(36(22)17-40-21-10-5-6-12-39-21)19-14-31-33(16-19)15-18-8-7-9-20(13-18)27(28,29)30/h7-9,13-14,16,21H,3-6,10-12,15,17H2,1-2H3. The number of aromatic nitrogens is 6. The minimum Gasteiger partial charge on any atom is -0.353 e. The van der Waals surface area contributed by atoms with E-state index in [-0.39, 0.29) is 31.0 Å². The van der Waals surface area contributed by atoms with Gasteiger partial charge in [0.15, 0.2) is 17.5 Å². The van der Waals surface area contributed by atoms with E-state index in [1.54, 1.807) is 23.8 Å². The number of hydrogen-bond acceptors (Lipinski definition) is 6. The fraction of sp³-hybridized carbons (Fsp3) is 0.481. The van der Waals surface area contributed by atoms with E-state index in [0.29, 0.717) is 36.5 Å². The molecular formula is C27H31F3N6O4. The second-order valence-corrected chi connectivity index (χ2v) is 9.74. The van der Waals surface area contributed by atoms with Crippen LogP contribution in [0.5, 0.6) is 0 Å². The zero-order valence-corrected chi connectivity index (χ0v) is 22.4. The number of alkyl halides is 3. The molecule has 1 atom stereocenters. The number of fused-ring (bicyclic) bond motifs is 1. The highest BCUT2D eigenvalue weighted by Gasteiger charge is 2.30. The highest BCUT2D eigenvalue weighted by Crippen LogP contribution is 2.30. The van der Waals surface area contributed by atoms with Crippen molar-refractivity contribution in [3.05, 3.63) is 68.6 Å². The van der Waals surface area contributed by atoms with Gasteiger partial charge >= 0.3 is 11.9 Å². The number of halogens is 3. The van der Waals surface area contributed by atoms with Crippen molar-refractivity contribution in [3.63, 3.8) is 0 Å². The van der Waals surface area contributed by atoms with Gasteiger partial charge in [-0.15, -0.1) is 0 Å². The Morgan fingerprint density at radius 2 is 1.95 bits per heavy atom. The lowest BCUT2D eigenvalue weighted by atomic mass is 10.1. The van der Waals surface area contributed by atoms with Crippen LogP contribution in [-0.2, 0) is 42.0 Å². The molecule has 13 heteroatoms. The summed E-state index contributed by atoms with van der Waals surface area (Å²) in [5.41, 5.74) is -0.220. The number of rotatable bonds is 9. The molecule has 214 valence electrons. The monoisotopic (exact) mass is 560 g/mol. The molecule has 1 aliphatic heterocycles. The molecular weight excluding hydrogens is 529 g/mol. The molecule has 5 rings (SSSR count). The van der Waals surface area contributed by atoms with Crippen molar-refractivity contribution < 1.29 is 22.6 Å². The Balaban J connectivity index is 1.58. The third kappa shape index (κ3) is 5.48. The van der Waals surface area contributed by atoms with Crippen LogP contribution in [0.15, 0.2) is 46.2 Å². The summed E-state index contributed by atoms with van der Waals surface area (Å²) in [7, 11) is 0. The first-order chi connectivity index (χ1) is 19.2. The van der Waals surface area contributed by atoms with Crippen LogP contribution in [-0.4, -0.2) is 41.4 Å². The van der Waals surface area contributed by atoms with Crippen LogP contribution in [0.4, 0.5) is 13.2 Å². The topological polar surface area (TPSA) is 98.1 Å². The Hall–Kier alpha value is -3.71. The lowest BCUT2D eigenvalue weighted by Crippen LogP contribution is -2.40. The van der Waals surface area contributed by atoms with Crippen molar-refractivity contribution in [2.75, 3.05) is 6.61 Å². The molecule has 40 heavy (non-hydrogen) atoms. The molecule has 3 aromatic heterocycles. The summed E-state index contributed by atoms with van der Waals surface area (Å²) in [5.74, 6) is 0.356. The molecule has 0 bridgehead atoms. The van der Waals surface area contributed by atoms with Gasteiger partial charge < -0.3 is 9.47 Å². The van der Waals surface area contributed by atoms with Gasteiger partial charge in [0, 0.05) is 25.9 Å². The van der Waals surface area contributed by atoms with Crippen LogP contribution in [0.3, 0.4) is 0 Å². The summed E-state index contributed by atoms with van der Waals surface area (Å²) in [4.78, 5) is 31.4. The molecule has 1 unspecified atom stereocenters. The van der Waals surface area contributed by atoms with Crippen LogP contribution >= 0.6 is 0 Å². The van der Waals surface area contributed by atoms with E-state index in [1.165, 1.54) is 26.1 Å². The minimum atomic E-state index is -4.45.